The third kappa shape index (κ3) is 5.10. The number of ether oxygens (including phenoxy) is 2. The van der Waals surface area contributed by atoms with Crippen molar-refractivity contribution in [3.63, 3.8) is 0 Å². The molecule has 3 rings (SSSR count). The van der Waals surface area contributed by atoms with Crippen molar-refractivity contribution >= 4 is 23.6 Å². The number of carbonyl (C=O) groups excluding carboxylic acids is 2. The van der Waals surface area contributed by atoms with Gasteiger partial charge < -0.3 is 9.47 Å². The van der Waals surface area contributed by atoms with Gasteiger partial charge in [-0.1, -0.05) is 36.4 Å². The van der Waals surface area contributed by atoms with Crippen molar-refractivity contribution in [1.29, 1.82) is 0 Å². The molecular formula is C20H16N2O4. The molecular weight excluding hydrogens is 332 g/mol. The molecule has 3 aromatic rings. The molecule has 0 bridgehead atoms. The van der Waals surface area contributed by atoms with Gasteiger partial charge in [-0.15, -0.1) is 0 Å². The van der Waals surface area contributed by atoms with Crippen molar-refractivity contribution in [3.8, 4) is 11.5 Å². The first-order valence-corrected chi connectivity index (χ1v) is 7.87. The topological polar surface area (TPSA) is 76.7 Å². The van der Waals surface area contributed by atoms with Gasteiger partial charge in [-0.3, -0.25) is 10.6 Å². The number of benzene rings is 3. The van der Waals surface area contributed by atoms with Gasteiger partial charge >= 0.3 is 12.2 Å². The quantitative estimate of drug-likeness (QED) is 0.702. The highest BCUT2D eigenvalue weighted by molar-refractivity contribution is 5.88. The third-order valence-corrected chi connectivity index (χ3v) is 3.29. The van der Waals surface area contributed by atoms with Gasteiger partial charge in [0.2, 0.25) is 0 Å². The first-order valence-electron chi connectivity index (χ1n) is 7.87. The molecule has 0 aromatic heterocycles. The number of hydrogen-bond acceptors (Lipinski definition) is 4. The number of nitrogens with one attached hydrogen (secondary N) is 2. The average Bonchev–Trinajstić information content (AvgIpc) is 2.65. The summed E-state index contributed by atoms with van der Waals surface area (Å²) in [6, 6.07) is 24.1. The lowest BCUT2D eigenvalue weighted by Gasteiger charge is -2.09. The smallest absolute Gasteiger partial charge is 0.410 e. The van der Waals surface area contributed by atoms with E-state index in [-0.39, 0.29) is 0 Å². The van der Waals surface area contributed by atoms with Crippen LogP contribution in [-0.2, 0) is 0 Å². The summed E-state index contributed by atoms with van der Waals surface area (Å²) in [5.74, 6) is 0.902. The van der Waals surface area contributed by atoms with E-state index in [0.717, 1.165) is 0 Å². The molecule has 6 heteroatoms. The van der Waals surface area contributed by atoms with Crippen LogP contribution in [-0.4, -0.2) is 12.2 Å². The van der Waals surface area contributed by atoms with E-state index >= 15 is 0 Å². The van der Waals surface area contributed by atoms with E-state index in [9.17, 15) is 9.59 Å². The van der Waals surface area contributed by atoms with Crippen LogP contribution < -0.4 is 20.1 Å². The molecule has 130 valence electrons. The highest BCUT2D eigenvalue weighted by Crippen LogP contribution is 2.16. The van der Waals surface area contributed by atoms with Gasteiger partial charge in [0.1, 0.15) is 11.5 Å². The van der Waals surface area contributed by atoms with Crippen LogP contribution in [0.25, 0.3) is 0 Å². The van der Waals surface area contributed by atoms with Crippen LogP contribution in [0.2, 0.25) is 0 Å². The summed E-state index contributed by atoms with van der Waals surface area (Å²) < 4.78 is 10.3. The van der Waals surface area contributed by atoms with Crippen LogP contribution in [0.5, 0.6) is 11.5 Å². The average molecular weight is 348 g/mol. The van der Waals surface area contributed by atoms with Gasteiger partial charge in [-0.25, -0.2) is 9.59 Å². The van der Waals surface area contributed by atoms with E-state index in [1.807, 2.05) is 12.1 Å². The van der Waals surface area contributed by atoms with Crippen molar-refractivity contribution in [2.75, 3.05) is 10.6 Å². The fourth-order valence-electron chi connectivity index (χ4n) is 2.11. The molecule has 2 N–H and O–H groups in total. The van der Waals surface area contributed by atoms with E-state index in [4.69, 9.17) is 9.47 Å². The molecule has 0 fully saturated rings. The Balaban J connectivity index is 1.51. The fourth-order valence-corrected chi connectivity index (χ4v) is 2.11. The Morgan fingerprint density at radius 3 is 1.23 bits per heavy atom. The minimum atomic E-state index is -0.597. The molecule has 26 heavy (non-hydrogen) atoms. The van der Waals surface area contributed by atoms with Crippen LogP contribution in [0.4, 0.5) is 21.0 Å². The normalized spacial score (nSPS) is 9.85. The highest BCUT2D eigenvalue weighted by atomic mass is 16.6. The van der Waals surface area contributed by atoms with Gasteiger partial charge in [-0.2, -0.15) is 0 Å². The number of rotatable bonds is 4. The first-order chi connectivity index (χ1) is 12.7. The van der Waals surface area contributed by atoms with Crippen molar-refractivity contribution in [2.45, 2.75) is 0 Å². The summed E-state index contributed by atoms with van der Waals surface area (Å²) in [4.78, 5) is 23.6. The second-order valence-electron chi connectivity index (χ2n) is 5.23. The molecule has 0 aliphatic carbocycles. The number of hydrogen-bond donors (Lipinski definition) is 2. The van der Waals surface area contributed by atoms with Gasteiger partial charge in [0, 0.05) is 11.4 Å². The van der Waals surface area contributed by atoms with Crippen LogP contribution in [0.15, 0.2) is 84.9 Å². The Morgan fingerprint density at radius 1 is 0.538 bits per heavy atom. The zero-order chi connectivity index (χ0) is 18.2. The van der Waals surface area contributed by atoms with Gasteiger partial charge in [0.15, 0.2) is 0 Å². The third-order valence-electron chi connectivity index (χ3n) is 3.29. The standard InChI is InChI=1S/C20H16N2O4/c23-19(25-17-7-3-1-4-8-17)21-15-11-13-16(14-12-15)22-20(24)26-18-9-5-2-6-10-18/h1-14H,(H,21,23)(H,22,24). The van der Waals surface area contributed by atoms with Gasteiger partial charge in [-0.05, 0) is 48.5 Å². The lowest BCUT2D eigenvalue weighted by molar-refractivity contribution is 0.214. The number of para-hydroxylation sites is 2. The molecule has 0 atom stereocenters. The molecule has 0 radical (unpaired) electrons. The van der Waals surface area contributed by atoms with E-state index in [1.54, 1.807) is 72.8 Å². The summed E-state index contributed by atoms with van der Waals surface area (Å²) in [6.07, 6.45) is -1.19. The predicted octanol–water partition coefficient (Wildman–Crippen LogP) is 4.91. The van der Waals surface area contributed by atoms with Crippen LogP contribution in [0, 0.1) is 0 Å². The minimum absolute atomic E-state index is 0.451. The molecule has 2 amide bonds. The number of carbonyl (C=O) groups is 2. The Hall–Kier alpha value is -3.80. The summed E-state index contributed by atoms with van der Waals surface area (Å²) in [6.45, 7) is 0. The Morgan fingerprint density at radius 2 is 0.885 bits per heavy atom. The molecule has 0 spiro atoms. The van der Waals surface area contributed by atoms with Crippen LogP contribution in [0.1, 0.15) is 0 Å². The molecule has 0 heterocycles. The first kappa shape index (κ1) is 17.0. The summed E-state index contributed by atoms with van der Waals surface area (Å²) >= 11 is 0. The summed E-state index contributed by atoms with van der Waals surface area (Å²) in [5, 5.41) is 5.21. The molecule has 0 saturated carbocycles. The minimum Gasteiger partial charge on any atom is -0.410 e. The largest absolute Gasteiger partial charge is 0.417 e. The number of amides is 2. The van der Waals surface area contributed by atoms with E-state index in [2.05, 4.69) is 10.6 Å². The maximum atomic E-state index is 11.8. The Labute approximate surface area is 150 Å². The lowest BCUT2D eigenvalue weighted by Crippen LogP contribution is -2.17. The maximum Gasteiger partial charge on any atom is 0.417 e. The van der Waals surface area contributed by atoms with Crippen molar-refractivity contribution in [1.82, 2.24) is 0 Å². The zero-order valence-corrected chi connectivity index (χ0v) is 13.7. The van der Waals surface area contributed by atoms with Crippen molar-refractivity contribution in [3.05, 3.63) is 84.9 Å². The van der Waals surface area contributed by atoms with Crippen LogP contribution in [0.3, 0.4) is 0 Å². The number of anilines is 2. The van der Waals surface area contributed by atoms with Crippen molar-refractivity contribution < 1.29 is 19.1 Å². The summed E-state index contributed by atoms with van der Waals surface area (Å²) in [5.41, 5.74) is 1.07. The molecule has 6 nitrogen and oxygen atoms in total. The predicted molar refractivity (Wildman–Crippen MR) is 98.6 cm³/mol. The van der Waals surface area contributed by atoms with E-state index in [0.29, 0.717) is 22.9 Å². The molecule has 0 unspecified atom stereocenters. The van der Waals surface area contributed by atoms with E-state index in [1.165, 1.54) is 0 Å². The monoisotopic (exact) mass is 348 g/mol. The van der Waals surface area contributed by atoms with Gasteiger partial charge in [0.05, 0.1) is 0 Å². The zero-order valence-electron chi connectivity index (χ0n) is 13.7. The molecule has 0 saturated heterocycles. The second kappa shape index (κ2) is 8.34. The summed E-state index contributed by atoms with van der Waals surface area (Å²) in [7, 11) is 0. The Kier molecular flexibility index (Phi) is 5.47. The lowest BCUT2D eigenvalue weighted by atomic mass is 10.3. The molecule has 0 aliphatic rings. The van der Waals surface area contributed by atoms with Crippen molar-refractivity contribution in [2.24, 2.45) is 0 Å². The SMILES string of the molecule is O=C(Nc1ccc(NC(=O)Oc2ccccc2)cc1)Oc1ccccc1. The van der Waals surface area contributed by atoms with E-state index < -0.39 is 12.2 Å². The van der Waals surface area contributed by atoms with Crippen LogP contribution >= 0.6 is 0 Å². The Bertz CT molecular complexity index is 791. The van der Waals surface area contributed by atoms with Gasteiger partial charge in [0.25, 0.3) is 0 Å². The maximum absolute atomic E-state index is 11.8. The molecule has 3 aromatic carbocycles. The fraction of sp³-hybridized carbons (Fsp3) is 0. The highest BCUT2D eigenvalue weighted by Gasteiger charge is 2.07. The second-order valence-corrected chi connectivity index (χ2v) is 5.23. The molecule has 0 aliphatic heterocycles.